The van der Waals surface area contributed by atoms with Crippen molar-refractivity contribution in [1.82, 2.24) is 0 Å². The van der Waals surface area contributed by atoms with E-state index < -0.39 is 13.4 Å². The van der Waals surface area contributed by atoms with E-state index in [0.29, 0.717) is 6.42 Å². The van der Waals surface area contributed by atoms with E-state index in [1.54, 1.807) is 0 Å². The van der Waals surface area contributed by atoms with E-state index in [1.807, 2.05) is 60.7 Å². The third kappa shape index (κ3) is 3.56. The molecular formula is C18H21O4P. The molecule has 2 unspecified atom stereocenters. The van der Waals surface area contributed by atoms with Crippen molar-refractivity contribution in [2.24, 2.45) is 0 Å². The van der Waals surface area contributed by atoms with E-state index in [9.17, 15) is 14.4 Å². The van der Waals surface area contributed by atoms with Crippen molar-refractivity contribution < 1.29 is 18.9 Å². The van der Waals surface area contributed by atoms with E-state index in [0.717, 1.165) is 30.4 Å². The molecule has 1 aliphatic rings. The summed E-state index contributed by atoms with van der Waals surface area (Å²) in [5.41, 5.74) is 0.904. The minimum Gasteiger partial charge on any atom is -0.303 e. The first-order chi connectivity index (χ1) is 11.0. The lowest BCUT2D eigenvalue weighted by molar-refractivity contribution is -0.0206. The van der Waals surface area contributed by atoms with Gasteiger partial charge in [0.05, 0.1) is 0 Å². The van der Waals surface area contributed by atoms with Crippen LogP contribution in [0, 0.1) is 0 Å². The molecule has 0 radical (unpaired) electrons. The lowest BCUT2D eigenvalue weighted by Gasteiger charge is -2.44. The maximum Gasteiger partial charge on any atom is 0.470 e. The first-order valence-electron chi connectivity index (χ1n) is 7.88. The largest absolute Gasteiger partial charge is 0.470 e. The predicted octanol–water partition coefficient (Wildman–Crippen LogP) is 4.35. The highest BCUT2D eigenvalue weighted by Crippen LogP contribution is 2.57. The Morgan fingerprint density at radius 3 is 2.17 bits per heavy atom. The van der Waals surface area contributed by atoms with Crippen LogP contribution in [-0.2, 0) is 14.7 Å². The number of hydrogen-bond acceptors (Lipinski definition) is 2. The number of rotatable bonds is 4. The molecule has 1 aliphatic carbocycles. The van der Waals surface area contributed by atoms with E-state index in [4.69, 9.17) is 4.52 Å². The van der Waals surface area contributed by atoms with Crippen molar-refractivity contribution in [1.29, 1.82) is 0 Å². The van der Waals surface area contributed by atoms with Crippen LogP contribution < -0.4 is 0 Å². The van der Waals surface area contributed by atoms with Crippen LogP contribution in [0.4, 0.5) is 0 Å². The number of phosphoric ester groups is 1. The van der Waals surface area contributed by atoms with Crippen molar-refractivity contribution in [3.05, 3.63) is 71.8 Å². The molecule has 2 aromatic carbocycles. The molecule has 2 aromatic rings. The molecule has 3 rings (SSSR count). The topological polar surface area (TPSA) is 66.8 Å². The van der Waals surface area contributed by atoms with Crippen LogP contribution in [0.25, 0.3) is 0 Å². The summed E-state index contributed by atoms with van der Waals surface area (Å²) in [5.74, 6) is -0.0764. The number of benzene rings is 2. The van der Waals surface area contributed by atoms with Gasteiger partial charge in [-0.2, -0.15) is 0 Å². The van der Waals surface area contributed by atoms with Gasteiger partial charge in [-0.25, -0.2) is 4.57 Å². The quantitative estimate of drug-likeness (QED) is 0.817. The zero-order valence-electron chi connectivity index (χ0n) is 12.8. The Labute approximate surface area is 136 Å². The smallest absolute Gasteiger partial charge is 0.303 e. The van der Waals surface area contributed by atoms with Gasteiger partial charge in [0.25, 0.3) is 0 Å². The maximum atomic E-state index is 11.7. The van der Waals surface area contributed by atoms with E-state index >= 15 is 0 Å². The zero-order valence-corrected chi connectivity index (χ0v) is 13.7. The van der Waals surface area contributed by atoms with Gasteiger partial charge in [-0.1, -0.05) is 73.5 Å². The monoisotopic (exact) mass is 332 g/mol. The Hall–Kier alpha value is -1.45. The van der Waals surface area contributed by atoms with Crippen LogP contribution in [0.1, 0.15) is 42.7 Å². The highest BCUT2D eigenvalue weighted by Gasteiger charge is 2.48. The molecule has 122 valence electrons. The molecule has 0 amide bonds. The van der Waals surface area contributed by atoms with E-state index in [-0.39, 0.29) is 5.92 Å². The average molecular weight is 332 g/mol. The average Bonchev–Trinajstić information content (AvgIpc) is 2.55. The van der Waals surface area contributed by atoms with Gasteiger partial charge in [-0.3, -0.25) is 4.52 Å². The lowest BCUT2D eigenvalue weighted by atomic mass is 9.69. The Balaban J connectivity index is 2.13. The highest BCUT2D eigenvalue weighted by molar-refractivity contribution is 7.46. The molecule has 0 bridgehead atoms. The molecule has 1 saturated carbocycles. The summed E-state index contributed by atoms with van der Waals surface area (Å²) in [4.78, 5) is 19.1. The molecule has 0 saturated heterocycles. The minimum atomic E-state index is -4.62. The van der Waals surface area contributed by atoms with Crippen molar-refractivity contribution in [3.63, 3.8) is 0 Å². The normalized spacial score (nSPS) is 25.2. The van der Waals surface area contributed by atoms with Crippen molar-refractivity contribution in [2.45, 2.75) is 37.2 Å². The SMILES string of the molecule is O=P(O)(O)OC1(c2ccccc2)CCCCC1c1ccccc1. The molecule has 0 spiro atoms. The van der Waals surface area contributed by atoms with Crippen LogP contribution in [-0.4, -0.2) is 9.79 Å². The highest BCUT2D eigenvalue weighted by atomic mass is 31.2. The fourth-order valence-electron chi connectivity index (χ4n) is 3.70. The molecule has 0 aromatic heterocycles. The predicted molar refractivity (Wildman–Crippen MR) is 88.9 cm³/mol. The Morgan fingerprint density at radius 1 is 0.957 bits per heavy atom. The standard InChI is InChI=1S/C18H21O4P/c19-23(20,21)22-18(16-11-5-2-6-12-16)14-8-7-13-17(18)15-9-3-1-4-10-15/h1-6,9-12,17H,7-8,13-14H2,(H2,19,20,21). The van der Waals surface area contributed by atoms with Crippen LogP contribution in [0.15, 0.2) is 60.7 Å². The molecule has 1 fully saturated rings. The van der Waals surface area contributed by atoms with Crippen LogP contribution in [0.3, 0.4) is 0 Å². The summed E-state index contributed by atoms with van der Waals surface area (Å²) < 4.78 is 17.2. The van der Waals surface area contributed by atoms with Gasteiger partial charge in [0.1, 0.15) is 5.60 Å². The van der Waals surface area contributed by atoms with Crippen molar-refractivity contribution in [3.8, 4) is 0 Å². The van der Waals surface area contributed by atoms with Gasteiger partial charge in [0.2, 0.25) is 0 Å². The first-order valence-corrected chi connectivity index (χ1v) is 9.41. The third-order valence-electron chi connectivity index (χ3n) is 4.60. The fraction of sp³-hybridized carbons (Fsp3) is 0.333. The molecular weight excluding hydrogens is 311 g/mol. The van der Waals surface area contributed by atoms with Gasteiger partial charge in [-0.15, -0.1) is 0 Å². The fourth-order valence-corrected chi connectivity index (χ4v) is 4.45. The molecule has 2 atom stereocenters. The summed E-state index contributed by atoms with van der Waals surface area (Å²) >= 11 is 0. The second-order valence-corrected chi connectivity index (χ2v) is 7.21. The van der Waals surface area contributed by atoms with Crippen molar-refractivity contribution in [2.75, 3.05) is 0 Å². The van der Waals surface area contributed by atoms with E-state index in [2.05, 4.69) is 0 Å². The van der Waals surface area contributed by atoms with Crippen LogP contribution in [0.2, 0.25) is 0 Å². The minimum absolute atomic E-state index is 0.0764. The molecule has 0 aliphatic heterocycles. The van der Waals surface area contributed by atoms with Gasteiger partial charge < -0.3 is 9.79 Å². The third-order valence-corrected chi connectivity index (χ3v) is 5.16. The number of hydrogen-bond donors (Lipinski definition) is 2. The van der Waals surface area contributed by atoms with E-state index in [1.165, 1.54) is 0 Å². The molecule has 4 nitrogen and oxygen atoms in total. The Kier molecular flexibility index (Phi) is 4.69. The Bertz CT molecular complexity index is 683. The summed E-state index contributed by atoms with van der Waals surface area (Å²) in [6.45, 7) is 0. The summed E-state index contributed by atoms with van der Waals surface area (Å²) in [6.07, 6.45) is 3.36. The zero-order chi connectivity index (χ0) is 16.3. The summed E-state index contributed by atoms with van der Waals surface area (Å²) in [7, 11) is -4.62. The first kappa shape index (κ1) is 16.4. The van der Waals surface area contributed by atoms with Crippen LogP contribution >= 0.6 is 7.82 Å². The van der Waals surface area contributed by atoms with Gasteiger partial charge in [0, 0.05) is 5.92 Å². The van der Waals surface area contributed by atoms with Gasteiger partial charge in [0.15, 0.2) is 0 Å². The summed E-state index contributed by atoms with van der Waals surface area (Å²) in [5, 5.41) is 0. The molecule has 2 N–H and O–H groups in total. The van der Waals surface area contributed by atoms with Crippen LogP contribution in [0.5, 0.6) is 0 Å². The van der Waals surface area contributed by atoms with Crippen molar-refractivity contribution >= 4 is 7.82 Å². The second kappa shape index (κ2) is 6.58. The second-order valence-electron chi connectivity index (χ2n) is 6.05. The molecule has 23 heavy (non-hydrogen) atoms. The van der Waals surface area contributed by atoms with Gasteiger partial charge >= 0.3 is 7.82 Å². The lowest BCUT2D eigenvalue weighted by Crippen LogP contribution is -2.38. The van der Waals surface area contributed by atoms with Gasteiger partial charge in [-0.05, 0) is 24.0 Å². The molecule has 0 heterocycles. The molecule has 5 heteroatoms. The summed E-state index contributed by atoms with van der Waals surface area (Å²) in [6, 6.07) is 19.3. The number of phosphoric acid groups is 1. The maximum absolute atomic E-state index is 11.7. The Morgan fingerprint density at radius 2 is 1.57 bits per heavy atom.